The number of hydrogen-bond donors (Lipinski definition) is 0. The normalized spacial score (nSPS) is 11.5. The molecule has 0 aromatic carbocycles. The first-order valence-electron chi connectivity index (χ1n) is 6.05. The van der Waals surface area contributed by atoms with Gasteiger partial charge in [0.2, 0.25) is 17.6 Å². The Labute approximate surface area is 112 Å². The third kappa shape index (κ3) is 1.58. The van der Waals surface area contributed by atoms with Crippen molar-refractivity contribution in [2.24, 2.45) is 7.05 Å². The Bertz CT molecular complexity index is 941. The van der Waals surface area contributed by atoms with Gasteiger partial charge in [0.05, 0.1) is 5.56 Å². The van der Waals surface area contributed by atoms with Gasteiger partial charge in [-0.05, 0) is 24.3 Å². The summed E-state index contributed by atoms with van der Waals surface area (Å²) in [7, 11) is 1.93. The molecule has 0 aliphatic heterocycles. The van der Waals surface area contributed by atoms with Crippen molar-refractivity contribution in [3.63, 3.8) is 0 Å². The Morgan fingerprint density at radius 2 is 2.10 bits per heavy atom. The van der Waals surface area contributed by atoms with Gasteiger partial charge in [-0.3, -0.25) is 0 Å². The number of oxazole rings is 1. The number of pyridine rings is 2. The maximum atomic E-state index is 13.0. The molecule has 4 heterocycles. The van der Waals surface area contributed by atoms with Gasteiger partial charge in [0.25, 0.3) is 0 Å². The number of aryl methyl sites for hydroxylation is 1. The van der Waals surface area contributed by atoms with Crippen LogP contribution in [0.3, 0.4) is 0 Å². The summed E-state index contributed by atoms with van der Waals surface area (Å²) in [6.07, 6.45) is 3.62. The Hall–Kier alpha value is -2.76. The third-order valence-electron chi connectivity index (χ3n) is 3.18. The lowest BCUT2D eigenvalue weighted by molar-refractivity contribution is 0.559. The van der Waals surface area contributed by atoms with Gasteiger partial charge < -0.3 is 8.98 Å². The van der Waals surface area contributed by atoms with Crippen LogP contribution >= 0.6 is 0 Å². The first-order chi connectivity index (χ1) is 9.70. The van der Waals surface area contributed by atoms with Crippen molar-refractivity contribution in [1.82, 2.24) is 19.5 Å². The summed E-state index contributed by atoms with van der Waals surface area (Å²) < 4.78 is 20.5. The fourth-order valence-corrected chi connectivity index (χ4v) is 2.19. The number of halogens is 1. The van der Waals surface area contributed by atoms with Gasteiger partial charge in [-0.1, -0.05) is 0 Å². The van der Waals surface area contributed by atoms with Crippen LogP contribution < -0.4 is 0 Å². The van der Waals surface area contributed by atoms with Gasteiger partial charge in [-0.25, -0.2) is 9.97 Å². The molecular weight excluding hydrogens is 258 g/mol. The van der Waals surface area contributed by atoms with E-state index in [4.69, 9.17) is 4.42 Å². The Morgan fingerprint density at radius 3 is 3.00 bits per heavy atom. The van der Waals surface area contributed by atoms with Gasteiger partial charge in [-0.15, -0.1) is 0 Å². The van der Waals surface area contributed by atoms with Crippen molar-refractivity contribution in [2.75, 3.05) is 0 Å². The molecular formula is C14H9FN4O. The summed E-state index contributed by atoms with van der Waals surface area (Å²) in [6, 6.07) is 6.70. The van der Waals surface area contributed by atoms with E-state index in [1.165, 1.54) is 6.07 Å². The molecule has 0 atom stereocenters. The highest BCUT2D eigenvalue weighted by atomic mass is 18.2. The predicted octanol–water partition coefficient (Wildman–Crippen LogP) is 2.92. The molecule has 4 aromatic heterocycles. The van der Waals surface area contributed by atoms with Crippen LogP contribution in [0.2, 0.25) is 0 Å². The highest BCUT2D eigenvalue weighted by Gasteiger charge is 2.11. The van der Waals surface area contributed by atoms with Crippen molar-refractivity contribution in [3.8, 4) is 11.5 Å². The molecule has 98 valence electrons. The first kappa shape index (κ1) is 11.1. The second kappa shape index (κ2) is 3.86. The lowest BCUT2D eigenvalue weighted by Gasteiger charge is -1.97. The van der Waals surface area contributed by atoms with Crippen LogP contribution in [0.4, 0.5) is 4.39 Å². The van der Waals surface area contributed by atoms with Gasteiger partial charge in [-0.2, -0.15) is 9.37 Å². The molecule has 0 amide bonds. The van der Waals surface area contributed by atoms with Crippen molar-refractivity contribution < 1.29 is 8.81 Å². The average Bonchev–Trinajstić information content (AvgIpc) is 3.02. The van der Waals surface area contributed by atoms with Crippen molar-refractivity contribution >= 4 is 22.3 Å². The standard InChI is InChI=1S/C14H9FN4O/c1-19-5-4-8-6-9(7-16-12(8)19)13-17-10-2-3-11(15)18-14(10)20-13/h2-7H,1H3/i15-1. The van der Waals surface area contributed by atoms with E-state index >= 15 is 0 Å². The quantitative estimate of drug-likeness (QED) is 0.497. The fourth-order valence-electron chi connectivity index (χ4n) is 2.19. The van der Waals surface area contributed by atoms with Gasteiger partial charge in [0.1, 0.15) is 11.2 Å². The molecule has 0 spiro atoms. The van der Waals surface area contributed by atoms with Gasteiger partial charge in [0, 0.05) is 24.8 Å². The number of fused-ring (bicyclic) bond motifs is 2. The van der Waals surface area contributed by atoms with Gasteiger partial charge >= 0.3 is 0 Å². The number of hydrogen-bond acceptors (Lipinski definition) is 4. The average molecular weight is 267 g/mol. The molecule has 0 aliphatic carbocycles. The van der Waals surface area contributed by atoms with Crippen LogP contribution in [0.5, 0.6) is 0 Å². The van der Waals surface area contributed by atoms with E-state index in [9.17, 15) is 4.39 Å². The second-order valence-electron chi connectivity index (χ2n) is 4.54. The van der Waals surface area contributed by atoms with Crippen LogP contribution in [0.1, 0.15) is 0 Å². The Balaban J connectivity index is 1.91. The van der Waals surface area contributed by atoms with Crippen LogP contribution in [-0.4, -0.2) is 19.5 Å². The summed E-state index contributed by atoms with van der Waals surface area (Å²) in [5.41, 5.74) is 2.33. The predicted molar refractivity (Wildman–Crippen MR) is 71.5 cm³/mol. The fraction of sp³-hybridized carbons (Fsp3) is 0.0714. The van der Waals surface area contributed by atoms with E-state index in [-0.39, 0.29) is 5.71 Å². The lowest BCUT2D eigenvalue weighted by Crippen LogP contribution is -1.88. The molecule has 6 heteroatoms. The molecule has 0 fully saturated rings. The van der Waals surface area contributed by atoms with Gasteiger partial charge in [0.15, 0.2) is 0 Å². The highest BCUT2D eigenvalue weighted by Crippen LogP contribution is 2.25. The summed E-state index contributed by atoms with van der Waals surface area (Å²) in [6.45, 7) is 0. The third-order valence-corrected chi connectivity index (χ3v) is 3.18. The molecule has 0 saturated carbocycles. The molecule has 20 heavy (non-hydrogen) atoms. The minimum Gasteiger partial charge on any atom is -0.418 e. The van der Waals surface area contributed by atoms with E-state index in [2.05, 4.69) is 15.0 Å². The minimum absolute atomic E-state index is 0.188. The van der Waals surface area contributed by atoms with E-state index in [1.807, 2.05) is 29.9 Å². The second-order valence-corrected chi connectivity index (χ2v) is 4.54. The summed E-state index contributed by atoms with van der Waals surface area (Å²) in [5.74, 6) is -0.201. The summed E-state index contributed by atoms with van der Waals surface area (Å²) in [4.78, 5) is 12.3. The van der Waals surface area contributed by atoms with Crippen LogP contribution in [0.15, 0.2) is 41.1 Å². The summed E-state index contributed by atoms with van der Waals surface area (Å²) >= 11 is 0. The maximum absolute atomic E-state index is 13.0. The smallest absolute Gasteiger partial charge is 0.250 e. The van der Waals surface area contributed by atoms with Crippen molar-refractivity contribution in [2.45, 2.75) is 0 Å². The summed E-state index contributed by atoms with van der Waals surface area (Å²) in [5, 5.41) is 0.992. The number of aromatic nitrogens is 4. The highest BCUT2D eigenvalue weighted by molar-refractivity contribution is 5.81. The molecule has 0 aliphatic rings. The molecule has 0 bridgehead atoms. The molecule has 0 N–H and O–H groups in total. The number of nitrogens with zero attached hydrogens (tertiary/aromatic N) is 4. The molecule has 0 saturated heterocycles. The molecule has 0 unspecified atom stereocenters. The zero-order chi connectivity index (χ0) is 13.7. The van der Waals surface area contributed by atoms with Crippen molar-refractivity contribution in [1.29, 1.82) is 0 Å². The minimum atomic E-state index is -0.586. The molecule has 5 nitrogen and oxygen atoms in total. The Morgan fingerprint density at radius 1 is 1.20 bits per heavy atom. The maximum Gasteiger partial charge on any atom is 0.250 e. The zero-order valence-corrected chi connectivity index (χ0v) is 10.5. The zero-order valence-electron chi connectivity index (χ0n) is 10.5. The lowest BCUT2D eigenvalue weighted by atomic mass is 10.2. The number of rotatable bonds is 1. The van der Waals surface area contributed by atoms with Crippen LogP contribution in [-0.2, 0) is 7.05 Å². The monoisotopic (exact) mass is 267 g/mol. The first-order valence-corrected chi connectivity index (χ1v) is 6.05. The van der Waals surface area contributed by atoms with E-state index < -0.39 is 5.95 Å². The molecule has 4 rings (SSSR count). The topological polar surface area (TPSA) is 56.7 Å². The SMILES string of the molecule is Cn1ccc2cc(-c3nc4ccc([18F])nc4o3)cnc21. The largest absolute Gasteiger partial charge is 0.418 e. The molecule has 0 radical (unpaired) electrons. The van der Waals surface area contributed by atoms with Crippen molar-refractivity contribution in [3.05, 3.63) is 42.6 Å². The van der Waals surface area contributed by atoms with Crippen LogP contribution in [0, 0.1) is 5.95 Å². The Kier molecular flexibility index (Phi) is 2.14. The van der Waals surface area contributed by atoms with E-state index in [0.29, 0.717) is 11.4 Å². The van der Waals surface area contributed by atoms with E-state index in [1.54, 1.807) is 12.3 Å². The van der Waals surface area contributed by atoms with E-state index in [0.717, 1.165) is 16.6 Å². The molecule has 4 aromatic rings. The van der Waals surface area contributed by atoms with Crippen LogP contribution in [0.25, 0.3) is 33.7 Å².